The Kier molecular flexibility index (Phi) is 5.18. The van der Waals surface area contributed by atoms with Gasteiger partial charge in [0, 0.05) is 42.0 Å². The van der Waals surface area contributed by atoms with Crippen LogP contribution in [0.5, 0.6) is 0 Å². The Morgan fingerprint density at radius 1 is 1.28 bits per heavy atom. The molecule has 0 bridgehead atoms. The quantitative estimate of drug-likeness (QED) is 0.880. The van der Waals surface area contributed by atoms with E-state index in [1.807, 2.05) is 18.4 Å². The second-order valence-corrected chi connectivity index (χ2v) is 6.62. The molecule has 18 heavy (non-hydrogen) atoms. The van der Waals surface area contributed by atoms with E-state index < -0.39 is 0 Å². The van der Waals surface area contributed by atoms with Gasteiger partial charge in [-0.15, -0.1) is 11.3 Å². The zero-order chi connectivity index (χ0) is 13.0. The van der Waals surface area contributed by atoms with Crippen LogP contribution in [-0.2, 0) is 13.1 Å². The number of nitrogens with zero attached hydrogens (tertiary/aromatic N) is 2. The van der Waals surface area contributed by atoms with Crippen molar-refractivity contribution in [2.24, 2.45) is 0 Å². The van der Waals surface area contributed by atoms with Gasteiger partial charge in [0.1, 0.15) is 0 Å². The molecule has 102 valence electrons. The molecule has 3 nitrogen and oxygen atoms in total. The van der Waals surface area contributed by atoms with E-state index in [1.165, 1.54) is 35.7 Å². The summed E-state index contributed by atoms with van der Waals surface area (Å²) in [6, 6.07) is 5.32. The molecule has 0 aromatic carbocycles. The third kappa shape index (κ3) is 3.79. The lowest BCUT2D eigenvalue weighted by atomic mass is 10.0. The molecule has 1 fully saturated rings. The van der Waals surface area contributed by atoms with Gasteiger partial charge in [-0.3, -0.25) is 4.90 Å². The molecule has 1 aromatic heterocycles. The van der Waals surface area contributed by atoms with Crippen LogP contribution in [0.15, 0.2) is 12.1 Å². The van der Waals surface area contributed by atoms with Crippen molar-refractivity contribution in [1.29, 1.82) is 0 Å². The number of thiophene rings is 1. The molecule has 1 aliphatic heterocycles. The van der Waals surface area contributed by atoms with Gasteiger partial charge in [0.25, 0.3) is 0 Å². The van der Waals surface area contributed by atoms with Gasteiger partial charge in [0.2, 0.25) is 0 Å². The zero-order valence-electron chi connectivity index (χ0n) is 11.8. The molecule has 0 unspecified atom stereocenters. The maximum atomic E-state index is 3.21. The average molecular weight is 267 g/mol. The minimum Gasteiger partial charge on any atom is -0.315 e. The van der Waals surface area contributed by atoms with Crippen molar-refractivity contribution in [2.45, 2.75) is 32.0 Å². The topological polar surface area (TPSA) is 18.5 Å². The molecule has 0 radical (unpaired) electrons. The van der Waals surface area contributed by atoms with Gasteiger partial charge in [-0.1, -0.05) is 0 Å². The van der Waals surface area contributed by atoms with Crippen LogP contribution in [0, 0.1) is 0 Å². The minimum absolute atomic E-state index is 0.782. The van der Waals surface area contributed by atoms with Crippen LogP contribution in [0.1, 0.15) is 22.6 Å². The number of likely N-dealkylation sites (tertiary alicyclic amines) is 1. The Labute approximate surface area is 115 Å². The number of piperidine rings is 1. The van der Waals surface area contributed by atoms with Crippen LogP contribution < -0.4 is 5.32 Å². The normalized spacial score (nSPS) is 18.7. The summed E-state index contributed by atoms with van der Waals surface area (Å²) in [5.74, 6) is 0. The van der Waals surface area contributed by atoms with Crippen molar-refractivity contribution < 1.29 is 0 Å². The van der Waals surface area contributed by atoms with Gasteiger partial charge in [-0.25, -0.2) is 0 Å². The Morgan fingerprint density at radius 2 is 1.94 bits per heavy atom. The highest BCUT2D eigenvalue weighted by Crippen LogP contribution is 2.21. The molecule has 2 heterocycles. The fourth-order valence-electron chi connectivity index (χ4n) is 2.59. The molecule has 1 aromatic rings. The molecule has 0 amide bonds. The monoisotopic (exact) mass is 267 g/mol. The molecular formula is C14H25N3S. The van der Waals surface area contributed by atoms with E-state index >= 15 is 0 Å². The second kappa shape index (κ2) is 6.66. The average Bonchev–Trinajstić information content (AvgIpc) is 2.78. The SMILES string of the molecule is CNCc1ccc(CN2CCC(N(C)C)CC2)s1. The highest BCUT2D eigenvalue weighted by molar-refractivity contribution is 7.11. The van der Waals surface area contributed by atoms with E-state index in [0.29, 0.717) is 0 Å². The molecule has 2 rings (SSSR count). The summed E-state index contributed by atoms with van der Waals surface area (Å²) in [6.07, 6.45) is 2.61. The van der Waals surface area contributed by atoms with Crippen molar-refractivity contribution in [3.05, 3.63) is 21.9 Å². The van der Waals surface area contributed by atoms with Crippen LogP contribution in [-0.4, -0.2) is 50.1 Å². The summed E-state index contributed by atoms with van der Waals surface area (Å²) in [7, 11) is 6.40. The Hall–Kier alpha value is -0.420. The second-order valence-electron chi connectivity index (χ2n) is 5.37. The summed E-state index contributed by atoms with van der Waals surface area (Å²) in [6.45, 7) is 4.60. The van der Waals surface area contributed by atoms with E-state index in [4.69, 9.17) is 0 Å². The molecule has 4 heteroatoms. The first-order valence-electron chi connectivity index (χ1n) is 6.80. The summed E-state index contributed by atoms with van der Waals surface area (Å²) in [4.78, 5) is 7.90. The highest BCUT2D eigenvalue weighted by Gasteiger charge is 2.20. The first-order chi connectivity index (χ1) is 8.69. The van der Waals surface area contributed by atoms with Crippen LogP contribution in [0.2, 0.25) is 0 Å². The number of rotatable bonds is 5. The number of hydrogen-bond donors (Lipinski definition) is 1. The first kappa shape index (κ1) is 14.0. The molecule has 0 atom stereocenters. The van der Waals surface area contributed by atoms with Crippen LogP contribution in [0.25, 0.3) is 0 Å². The van der Waals surface area contributed by atoms with Crippen molar-refractivity contribution in [1.82, 2.24) is 15.1 Å². The van der Waals surface area contributed by atoms with Crippen LogP contribution in [0.3, 0.4) is 0 Å². The van der Waals surface area contributed by atoms with Gasteiger partial charge in [0.15, 0.2) is 0 Å². The van der Waals surface area contributed by atoms with E-state index in [-0.39, 0.29) is 0 Å². The zero-order valence-corrected chi connectivity index (χ0v) is 12.6. The maximum absolute atomic E-state index is 3.21. The molecule has 1 aliphatic rings. The van der Waals surface area contributed by atoms with Gasteiger partial charge in [-0.2, -0.15) is 0 Å². The third-order valence-corrected chi connectivity index (χ3v) is 4.81. The Morgan fingerprint density at radius 3 is 2.56 bits per heavy atom. The van der Waals surface area contributed by atoms with Gasteiger partial charge in [-0.05, 0) is 46.1 Å². The van der Waals surface area contributed by atoms with Crippen LogP contribution >= 0.6 is 11.3 Å². The predicted molar refractivity (Wildman–Crippen MR) is 79.1 cm³/mol. The van der Waals surface area contributed by atoms with Crippen molar-refractivity contribution in [3.8, 4) is 0 Å². The van der Waals surface area contributed by atoms with Gasteiger partial charge in [0.05, 0.1) is 0 Å². The van der Waals surface area contributed by atoms with Crippen molar-refractivity contribution in [3.63, 3.8) is 0 Å². The van der Waals surface area contributed by atoms with Gasteiger partial charge >= 0.3 is 0 Å². The Balaban J connectivity index is 1.80. The first-order valence-corrected chi connectivity index (χ1v) is 7.61. The Bertz CT molecular complexity index is 354. The lowest BCUT2D eigenvalue weighted by molar-refractivity contribution is 0.141. The highest BCUT2D eigenvalue weighted by atomic mass is 32.1. The minimum atomic E-state index is 0.782. The van der Waals surface area contributed by atoms with Gasteiger partial charge < -0.3 is 10.2 Å². The fraction of sp³-hybridized carbons (Fsp3) is 0.714. The van der Waals surface area contributed by atoms with E-state index in [1.54, 1.807) is 0 Å². The molecule has 1 saturated heterocycles. The number of hydrogen-bond acceptors (Lipinski definition) is 4. The summed E-state index contributed by atoms with van der Waals surface area (Å²) in [5.41, 5.74) is 0. The fourth-order valence-corrected chi connectivity index (χ4v) is 3.66. The lowest BCUT2D eigenvalue weighted by Gasteiger charge is -2.34. The van der Waals surface area contributed by atoms with Crippen molar-refractivity contribution in [2.75, 3.05) is 34.2 Å². The summed E-state index contributed by atoms with van der Waals surface area (Å²) in [5, 5.41) is 3.21. The standard InChI is InChI=1S/C14H25N3S/c1-15-10-13-4-5-14(18-13)11-17-8-6-12(7-9-17)16(2)3/h4-5,12,15H,6-11H2,1-3H3. The molecule has 0 spiro atoms. The molecule has 0 saturated carbocycles. The van der Waals surface area contributed by atoms with Crippen molar-refractivity contribution >= 4 is 11.3 Å². The predicted octanol–water partition coefficient (Wildman–Crippen LogP) is 1.99. The summed E-state index contributed by atoms with van der Waals surface area (Å²) < 4.78 is 0. The third-order valence-electron chi connectivity index (χ3n) is 3.74. The van der Waals surface area contributed by atoms with Crippen LogP contribution in [0.4, 0.5) is 0 Å². The summed E-state index contributed by atoms with van der Waals surface area (Å²) >= 11 is 1.94. The van der Waals surface area contributed by atoms with E-state index in [2.05, 4.69) is 41.3 Å². The smallest absolute Gasteiger partial charge is 0.0328 e. The maximum Gasteiger partial charge on any atom is 0.0328 e. The molecule has 1 N–H and O–H groups in total. The molecular weight excluding hydrogens is 242 g/mol. The van der Waals surface area contributed by atoms with E-state index in [9.17, 15) is 0 Å². The lowest BCUT2D eigenvalue weighted by Crippen LogP contribution is -2.41. The van der Waals surface area contributed by atoms with E-state index in [0.717, 1.165) is 19.1 Å². The number of nitrogens with one attached hydrogen (secondary N) is 1. The molecule has 0 aliphatic carbocycles. The largest absolute Gasteiger partial charge is 0.315 e.